The summed E-state index contributed by atoms with van der Waals surface area (Å²) in [5.74, 6) is 0.240. The first-order valence-corrected chi connectivity index (χ1v) is 13.3. The Morgan fingerprint density at radius 2 is 1.92 bits per heavy atom. The van der Waals surface area contributed by atoms with Gasteiger partial charge in [0, 0.05) is 31.1 Å². The number of halogens is 3. The van der Waals surface area contributed by atoms with E-state index in [2.05, 4.69) is 14.7 Å². The second-order valence-corrected chi connectivity index (χ2v) is 10.7. The maximum absolute atomic E-state index is 14.8. The number of H-pyrrole nitrogens is 1. The van der Waals surface area contributed by atoms with Crippen LogP contribution in [0.3, 0.4) is 0 Å². The molecule has 11 heteroatoms. The number of nitrogens with zero attached hydrogens (tertiary/aromatic N) is 2. The van der Waals surface area contributed by atoms with Crippen molar-refractivity contribution < 1.29 is 17.5 Å². The van der Waals surface area contributed by atoms with Gasteiger partial charge in [-0.2, -0.15) is 0 Å². The minimum Gasteiger partial charge on any atom is -0.493 e. The van der Waals surface area contributed by atoms with E-state index in [9.17, 15) is 12.8 Å². The molecule has 0 fully saturated rings. The SMILES string of the molecule is Cn1c(CCCOc2ccc(S(=O)(=O)Nc3ccc(Cl)c4c(Cl)c[nH]c34)c(F)c2)nc2ccccc21. The van der Waals surface area contributed by atoms with Gasteiger partial charge in [0.25, 0.3) is 10.0 Å². The van der Waals surface area contributed by atoms with Crippen molar-refractivity contribution in [3.63, 3.8) is 0 Å². The highest BCUT2D eigenvalue weighted by molar-refractivity contribution is 7.92. The summed E-state index contributed by atoms with van der Waals surface area (Å²) in [6.45, 7) is 0.323. The average Bonchev–Trinajstić information content (AvgIpc) is 3.39. The van der Waals surface area contributed by atoms with Crippen molar-refractivity contribution in [3.8, 4) is 5.75 Å². The molecule has 36 heavy (non-hydrogen) atoms. The highest BCUT2D eigenvalue weighted by Crippen LogP contribution is 2.35. The van der Waals surface area contributed by atoms with Crippen molar-refractivity contribution in [2.24, 2.45) is 7.05 Å². The lowest BCUT2D eigenvalue weighted by atomic mass is 10.2. The van der Waals surface area contributed by atoms with Gasteiger partial charge in [0.05, 0.1) is 38.9 Å². The van der Waals surface area contributed by atoms with Gasteiger partial charge in [-0.3, -0.25) is 4.72 Å². The highest BCUT2D eigenvalue weighted by atomic mass is 35.5. The molecule has 186 valence electrons. The third-order valence-corrected chi connectivity index (χ3v) is 7.88. The lowest BCUT2D eigenvalue weighted by Gasteiger charge is -2.12. The Morgan fingerprint density at radius 1 is 1.11 bits per heavy atom. The van der Waals surface area contributed by atoms with Crippen molar-refractivity contribution in [2.45, 2.75) is 17.7 Å². The zero-order chi connectivity index (χ0) is 25.4. The zero-order valence-corrected chi connectivity index (χ0v) is 21.4. The van der Waals surface area contributed by atoms with Crippen LogP contribution in [0, 0.1) is 5.82 Å². The monoisotopic (exact) mass is 546 g/mol. The molecule has 0 saturated heterocycles. The Kier molecular flexibility index (Phi) is 6.55. The number of benzene rings is 3. The summed E-state index contributed by atoms with van der Waals surface area (Å²) in [5.41, 5.74) is 2.58. The number of hydrogen-bond donors (Lipinski definition) is 2. The van der Waals surface area contributed by atoms with Gasteiger partial charge >= 0.3 is 0 Å². The molecule has 0 saturated carbocycles. The van der Waals surface area contributed by atoms with E-state index in [0.717, 1.165) is 22.9 Å². The first kappa shape index (κ1) is 24.4. The maximum atomic E-state index is 14.8. The Labute approximate surface area is 216 Å². The molecule has 0 unspecified atom stereocenters. The molecule has 0 amide bonds. The molecular weight excluding hydrogens is 526 g/mol. The summed E-state index contributed by atoms with van der Waals surface area (Å²) < 4.78 is 50.7. The molecule has 7 nitrogen and oxygen atoms in total. The van der Waals surface area contributed by atoms with Crippen LogP contribution in [0.15, 0.2) is 65.7 Å². The van der Waals surface area contributed by atoms with Gasteiger partial charge in [-0.15, -0.1) is 0 Å². The van der Waals surface area contributed by atoms with Crippen molar-refractivity contribution in [1.82, 2.24) is 14.5 Å². The number of aromatic amines is 1. The molecule has 0 atom stereocenters. The number of rotatable bonds is 8. The van der Waals surface area contributed by atoms with Gasteiger partial charge in [-0.25, -0.2) is 17.8 Å². The molecule has 2 heterocycles. The lowest BCUT2D eigenvalue weighted by Crippen LogP contribution is -2.15. The second-order valence-electron chi connectivity index (χ2n) is 8.21. The Morgan fingerprint density at radius 3 is 2.69 bits per heavy atom. The average molecular weight is 547 g/mol. The van der Waals surface area contributed by atoms with E-state index in [1.165, 1.54) is 30.5 Å². The molecule has 5 aromatic rings. The molecule has 0 radical (unpaired) electrons. The number of para-hydroxylation sites is 2. The van der Waals surface area contributed by atoms with Gasteiger partial charge < -0.3 is 14.3 Å². The quantitative estimate of drug-likeness (QED) is 0.223. The fourth-order valence-electron chi connectivity index (χ4n) is 4.08. The van der Waals surface area contributed by atoms with Gasteiger partial charge in [-0.05, 0) is 42.8 Å². The Bertz CT molecular complexity index is 1700. The largest absolute Gasteiger partial charge is 0.493 e. The zero-order valence-electron chi connectivity index (χ0n) is 19.1. The van der Waals surface area contributed by atoms with Crippen molar-refractivity contribution in [3.05, 3.63) is 82.5 Å². The minimum atomic E-state index is -4.23. The van der Waals surface area contributed by atoms with Crippen LogP contribution in [-0.2, 0) is 23.5 Å². The predicted octanol–water partition coefficient (Wildman–Crippen LogP) is 6.31. The Balaban J connectivity index is 1.25. The van der Waals surface area contributed by atoms with E-state index in [1.54, 1.807) is 0 Å². The third kappa shape index (κ3) is 4.61. The Hall–Kier alpha value is -3.27. The molecule has 0 aliphatic rings. The third-order valence-electron chi connectivity index (χ3n) is 5.87. The molecule has 2 aromatic heterocycles. The summed E-state index contributed by atoms with van der Waals surface area (Å²) in [6, 6.07) is 14.6. The molecule has 0 spiro atoms. The van der Waals surface area contributed by atoms with Crippen LogP contribution in [0.25, 0.3) is 21.9 Å². The number of ether oxygens (including phenoxy) is 1. The number of nitrogens with one attached hydrogen (secondary N) is 2. The molecule has 0 aliphatic heterocycles. The molecule has 3 aromatic carbocycles. The predicted molar refractivity (Wildman–Crippen MR) is 140 cm³/mol. The van der Waals surface area contributed by atoms with Gasteiger partial charge in [0.1, 0.15) is 22.3 Å². The van der Waals surface area contributed by atoms with Gasteiger partial charge in [0.2, 0.25) is 0 Å². The van der Waals surface area contributed by atoms with Crippen molar-refractivity contribution >= 4 is 60.8 Å². The first-order chi connectivity index (χ1) is 17.2. The van der Waals surface area contributed by atoms with Crippen LogP contribution in [0.2, 0.25) is 10.0 Å². The number of hydrogen-bond acceptors (Lipinski definition) is 4. The van der Waals surface area contributed by atoms with E-state index in [-0.39, 0.29) is 11.4 Å². The number of aryl methyl sites for hydroxylation is 2. The number of imidazole rings is 1. The van der Waals surface area contributed by atoms with Crippen LogP contribution in [0.5, 0.6) is 5.75 Å². The summed E-state index contributed by atoms with van der Waals surface area (Å²) in [4.78, 5) is 7.00. The molecule has 5 rings (SSSR count). The molecule has 2 N–H and O–H groups in total. The number of fused-ring (bicyclic) bond motifs is 2. The second kappa shape index (κ2) is 9.65. The maximum Gasteiger partial charge on any atom is 0.264 e. The van der Waals surface area contributed by atoms with E-state index >= 15 is 0 Å². The fourth-order valence-corrected chi connectivity index (χ4v) is 5.77. The van der Waals surface area contributed by atoms with Crippen molar-refractivity contribution in [1.29, 1.82) is 0 Å². The molecule has 0 aliphatic carbocycles. The van der Waals surface area contributed by atoms with Crippen LogP contribution >= 0.6 is 23.2 Å². The lowest BCUT2D eigenvalue weighted by molar-refractivity contribution is 0.307. The normalized spacial score (nSPS) is 11.9. The summed E-state index contributed by atoms with van der Waals surface area (Å²) in [6.07, 6.45) is 2.84. The number of aromatic nitrogens is 3. The molecule has 0 bridgehead atoms. The van der Waals surface area contributed by atoms with E-state index in [0.29, 0.717) is 40.4 Å². The van der Waals surface area contributed by atoms with Gasteiger partial charge in [0.15, 0.2) is 0 Å². The topological polar surface area (TPSA) is 89.0 Å². The summed E-state index contributed by atoms with van der Waals surface area (Å²) in [5, 5.41) is 1.18. The van der Waals surface area contributed by atoms with Crippen LogP contribution in [-0.4, -0.2) is 29.6 Å². The first-order valence-electron chi connectivity index (χ1n) is 11.0. The van der Waals surface area contributed by atoms with E-state index in [4.69, 9.17) is 27.9 Å². The number of sulfonamides is 1. The van der Waals surface area contributed by atoms with Crippen LogP contribution in [0.4, 0.5) is 10.1 Å². The minimum absolute atomic E-state index is 0.197. The number of anilines is 1. The van der Waals surface area contributed by atoms with E-state index < -0.39 is 20.7 Å². The van der Waals surface area contributed by atoms with E-state index in [1.807, 2.05) is 35.9 Å². The van der Waals surface area contributed by atoms with Crippen LogP contribution in [0.1, 0.15) is 12.2 Å². The highest BCUT2D eigenvalue weighted by Gasteiger charge is 2.22. The summed E-state index contributed by atoms with van der Waals surface area (Å²) in [7, 11) is -2.27. The summed E-state index contributed by atoms with van der Waals surface area (Å²) >= 11 is 12.3. The molecular formula is C25H21Cl2FN4O3S. The van der Waals surface area contributed by atoms with Gasteiger partial charge in [-0.1, -0.05) is 35.3 Å². The fraction of sp³-hybridized carbons (Fsp3) is 0.160. The van der Waals surface area contributed by atoms with Crippen molar-refractivity contribution in [2.75, 3.05) is 11.3 Å². The standard InChI is InChI=1S/C25H21Cl2FN4O3S/c1-32-21-6-3-2-5-19(21)30-23(32)7-4-12-35-15-8-11-22(18(28)13-15)36(33,34)31-20-10-9-16(26)24-17(27)14-29-25(20)24/h2-3,5-6,8-11,13-14,29,31H,4,7,12H2,1H3. The smallest absolute Gasteiger partial charge is 0.264 e. The van der Waals surface area contributed by atoms with Crippen LogP contribution < -0.4 is 9.46 Å².